The van der Waals surface area contributed by atoms with Gasteiger partial charge in [0.1, 0.15) is 0 Å². The van der Waals surface area contributed by atoms with Crippen LogP contribution in [-0.4, -0.2) is 22.6 Å². The van der Waals surface area contributed by atoms with E-state index in [1.807, 2.05) is 0 Å². The molecule has 30 heavy (non-hydrogen) atoms. The van der Waals surface area contributed by atoms with Crippen molar-refractivity contribution in [3.63, 3.8) is 0 Å². The van der Waals surface area contributed by atoms with Gasteiger partial charge in [0.15, 0.2) is 5.11 Å². The van der Waals surface area contributed by atoms with Crippen molar-refractivity contribution >= 4 is 17.3 Å². The first-order valence-electron chi connectivity index (χ1n) is 11.6. The van der Waals surface area contributed by atoms with Gasteiger partial charge >= 0.3 is 0 Å². The van der Waals surface area contributed by atoms with Crippen molar-refractivity contribution < 1.29 is 0 Å². The van der Waals surface area contributed by atoms with E-state index in [2.05, 4.69) is 85.6 Å². The maximum absolute atomic E-state index is 5.89. The summed E-state index contributed by atoms with van der Waals surface area (Å²) in [6, 6.07) is 20.4. The predicted octanol–water partition coefficient (Wildman–Crippen LogP) is 6.63. The van der Waals surface area contributed by atoms with Crippen molar-refractivity contribution in [3.05, 3.63) is 71.3 Å². The maximum Gasteiger partial charge on any atom is 0.169 e. The zero-order chi connectivity index (χ0) is 21.4. The van der Waals surface area contributed by atoms with Crippen molar-refractivity contribution in [2.75, 3.05) is 6.54 Å². The number of thiocarbonyl (C=S) groups is 1. The quantitative estimate of drug-likeness (QED) is 0.504. The fraction of sp³-hybridized carbons (Fsp3) is 0.519. The van der Waals surface area contributed by atoms with E-state index in [4.69, 9.17) is 12.2 Å². The smallest absolute Gasteiger partial charge is 0.169 e. The molecule has 0 saturated heterocycles. The summed E-state index contributed by atoms with van der Waals surface area (Å²) in [5.41, 5.74) is 4.30. The van der Waals surface area contributed by atoms with E-state index in [0.29, 0.717) is 6.04 Å². The Morgan fingerprint density at radius 2 is 1.60 bits per heavy atom. The van der Waals surface area contributed by atoms with E-state index < -0.39 is 0 Å². The number of hydrogen-bond donors (Lipinski definition) is 1. The summed E-state index contributed by atoms with van der Waals surface area (Å²) >= 11 is 5.89. The third kappa shape index (κ3) is 7.12. The van der Waals surface area contributed by atoms with Gasteiger partial charge in [-0.1, -0.05) is 94.6 Å². The number of aryl methyl sites for hydroxylation is 1. The second-order valence-corrected chi connectivity index (χ2v) is 10.1. The van der Waals surface area contributed by atoms with Gasteiger partial charge < -0.3 is 10.2 Å². The van der Waals surface area contributed by atoms with Crippen LogP contribution in [0.4, 0.5) is 0 Å². The Labute approximate surface area is 189 Å². The molecule has 1 aliphatic rings. The summed E-state index contributed by atoms with van der Waals surface area (Å²) in [5, 5.41) is 4.61. The molecule has 1 N–H and O–H groups in total. The summed E-state index contributed by atoms with van der Waals surface area (Å²) in [6.07, 6.45) is 8.70. The van der Waals surface area contributed by atoms with Crippen molar-refractivity contribution in [1.29, 1.82) is 0 Å². The van der Waals surface area contributed by atoms with Gasteiger partial charge in [0.2, 0.25) is 0 Å². The highest BCUT2D eigenvalue weighted by Gasteiger charge is 2.18. The van der Waals surface area contributed by atoms with E-state index in [9.17, 15) is 0 Å². The maximum atomic E-state index is 5.89. The number of nitrogens with zero attached hydrogens (tertiary/aromatic N) is 1. The standard InChI is InChI=1S/C27H38N2S/c1-27(2,3)24-18-16-23(17-19-24)21-29(20-10-13-22-11-6-4-7-12-22)26(30)28-25-14-8-5-9-15-25/h4,6-7,11-12,16-19,25H,5,8-10,13-15,20-21H2,1-3H3,(H,28,30). The second-order valence-electron chi connectivity index (χ2n) is 9.74. The fourth-order valence-corrected chi connectivity index (χ4v) is 4.54. The Bertz CT molecular complexity index is 771. The topological polar surface area (TPSA) is 15.3 Å². The van der Waals surface area contributed by atoms with Crippen LogP contribution in [0.15, 0.2) is 54.6 Å². The van der Waals surface area contributed by atoms with Crippen LogP contribution in [0, 0.1) is 0 Å². The molecule has 0 spiro atoms. The highest BCUT2D eigenvalue weighted by atomic mass is 32.1. The Balaban J connectivity index is 1.63. The van der Waals surface area contributed by atoms with Gasteiger partial charge in [-0.2, -0.15) is 0 Å². The van der Waals surface area contributed by atoms with Gasteiger partial charge in [-0.15, -0.1) is 0 Å². The molecule has 2 aromatic rings. The largest absolute Gasteiger partial charge is 0.360 e. The van der Waals surface area contributed by atoms with Crippen LogP contribution >= 0.6 is 12.2 Å². The van der Waals surface area contributed by atoms with Gasteiger partial charge in [-0.05, 0) is 60.0 Å². The molecule has 1 aliphatic carbocycles. The molecule has 0 amide bonds. The first-order valence-corrected chi connectivity index (χ1v) is 12.0. The molecule has 1 fully saturated rings. The summed E-state index contributed by atoms with van der Waals surface area (Å²) in [4.78, 5) is 2.37. The average Bonchev–Trinajstić information content (AvgIpc) is 2.74. The van der Waals surface area contributed by atoms with Crippen LogP contribution in [-0.2, 0) is 18.4 Å². The molecular formula is C27H38N2S. The zero-order valence-corrected chi connectivity index (χ0v) is 19.8. The first kappa shape index (κ1) is 22.8. The molecule has 0 bridgehead atoms. The fourth-order valence-electron chi connectivity index (χ4n) is 4.21. The minimum absolute atomic E-state index is 0.186. The molecule has 0 aliphatic heterocycles. The Kier molecular flexibility index (Phi) is 8.32. The molecule has 1 saturated carbocycles. The lowest BCUT2D eigenvalue weighted by Crippen LogP contribution is -2.45. The average molecular weight is 423 g/mol. The van der Waals surface area contributed by atoms with E-state index in [0.717, 1.165) is 31.0 Å². The van der Waals surface area contributed by atoms with Crippen LogP contribution in [0.5, 0.6) is 0 Å². The minimum atomic E-state index is 0.186. The third-order valence-electron chi connectivity index (χ3n) is 6.15. The Morgan fingerprint density at radius 1 is 0.933 bits per heavy atom. The lowest BCUT2D eigenvalue weighted by atomic mass is 9.87. The van der Waals surface area contributed by atoms with E-state index in [1.165, 1.54) is 48.8 Å². The zero-order valence-electron chi connectivity index (χ0n) is 19.0. The molecule has 3 heteroatoms. The molecule has 0 atom stereocenters. The van der Waals surface area contributed by atoms with Crippen LogP contribution < -0.4 is 5.32 Å². The molecular weight excluding hydrogens is 384 g/mol. The predicted molar refractivity (Wildman–Crippen MR) is 133 cm³/mol. The molecule has 162 valence electrons. The molecule has 2 nitrogen and oxygen atoms in total. The van der Waals surface area contributed by atoms with E-state index in [1.54, 1.807) is 0 Å². The normalized spacial score (nSPS) is 15.0. The number of benzene rings is 2. The van der Waals surface area contributed by atoms with Gasteiger partial charge in [0, 0.05) is 19.1 Å². The second kappa shape index (κ2) is 10.9. The third-order valence-corrected chi connectivity index (χ3v) is 6.53. The van der Waals surface area contributed by atoms with Crippen LogP contribution in [0.25, 0.3) is 0 Å². The number of hydrogen-bond acceptors (Lipinski definition) is 1. The molecule has 0 radical (unpaired) electrons. The van der Waals surface area contributed by atoms with Gasteiger partial charge in [0.05, 0.1) is 0 Å². The summed E-state index contributed by atoms with van der Waals surface area (Å²) < 4.78 is 0. The van der Waals surface area contributed by atoms with E-state index in [-0.39, 0.29) is 5.41 Å². The van der Waals surface area contributed by atoms with Crippen molar-refractivity contribution in [1.82, 2.24) is 10.2 Å². The molecule has 3 rings (SSSR count). The summed E-state index contributed by atoms with van der Waals surface area (Å²) in [5.74, 6) is 0. The Morgan fingerprint density at radius 3 is 2.23 bits per heavy atom. The van der Waals surface area contributed by atoms with Crippen molar-refractivity contribution in [3.8, 4) is 0 Å². The molecule has 0 heterocycles. The van der Waals surface area contributed by atoms with Crippen molar-refractivity contribution in [2.24, 2.45) is 0 Å². The first-order chi connectivity index (χ1) is 14.4. The van der Waals surface area contributed by atoms with Crippen molar-refractivity contribution in [2.45, 2.75) is 83.7 Å². The highest BCUT2D eigenvalue weighted by molar-refractivity contribution is 7.80. The monoisotopic (exact) mass is 422 g/mol. The molecule has 0 aromatic heterocycles. The lowest BCUT2D eigenvalue weighted by molar-refractivity contribution is 0.363. The number of rotatable bonds is 7. The molecule has 0 unspecified atom stereocenters. The highest BCUT2D eigenvalue weighted by Crippen LogP contribution is 2.23. The lowest BCUT2D eigenvalue weighted by Gasteiger charge is -2.31. The minimum Gasteiger partial charge on any atom is -0.360 e. The summed E-state index contributed by atoms with van der Waals surface area (Å²) in [7, 11) is 0. The van der Waals surface area contributed by atoms with Crippen LogP contribution in [0.3, 0.4) is 0 Å². The SMILES string of the molecule is CC(C)(C)c1ccc(CN(CCCc2ccccc2)C(=S)NC2CCCCC2)cc1. The van der Waals surface area contributed by atoms with Gasteiger partial charge in [-0.25, -0.2) is 0 Å². The number of nitrogens with one attached hydrogen (secondary N) is 1. The van der Waals surface area contributed by atoms with Gasteiger partial charge in [-0.3, -0.25) is 0 Å². The van der Waals surface area contributed by atoms with Crippen LogP contribution in [0.2, 0.25) is 0 Å². The van der Waals surface area contributed by atoms with Gasteiger partial charge in [0.25, 0.3) is 0 Å². The van der Waals surface area contributed by atoms with Crippen LogP contribution in [0.1, 0.15) is 76.0 Å². The Hall–Kier alpha value is -1.87. The van der Waals surface area contributed by atoms with E-state index >= 15 is 0 Å². The summed E-state index contributed by atoms with van der Waals surface area (Å²) in [6.45, 7) is 8.65. The molecule has 2 aromatic carbocycles.